The number of hydrogen-bond acceptors (Lipinski definition) is 5. The van der Waals surface area contributed by atoms with E-state index < -0.39 is 77.0 Å². The predicted octanol–water partition coefficient (Wildman–Crippen LogP) is 4.06. The fraction of sp³-hybridized carbons (Fsp3) is 0.400. The van der Waals surface area contributed by atoms with E-state index in [4.69, 9.17) is 4.74 Å². The first kappa shape index (κ1) is 32.4. The van der Waals surface area contributed by atoms with E-state index in [1.165, 1.54) is 24.3 Å². The Labute approximate surface area is 248 Å². The summed E-state index contributed by atoms with van der Waals surface area (Å²) in [6, 6.07) is 2.74. The van der Waals surface area contributed by atoms with Crippen molar-refractivity contribution in [2.75, 3.05) is 13.2 Å². The Morgan fingerprint density at radius 2 is 1.66 bits per heavy atom. The molecule has 3 atom stereocenters. The maximum absolute atomic E-state index is 14.1. The maximum Gasteiger partial charge on any atom is 0.268 e. The number of ketones is 1. The summed E-state index contributed by atoms with van der Waals surface area (Å²) in [5.41, 5.74) is 0.550. The summed E-state index contributed by atoms with van der Waals surface area (Å²) in [4.78, 5) is 54.8. The number of aromatic amines is 1. The lowest BCUT2D eigenvalue weighted by Gasteiger charge is -2.24. The van der Waals surface area contributed by atoms with Crippen LogP contribution in [0.4, 0.5) is 22.0 Å². The van der Waals surface area contributed by atoms with E-state index in [-0.39, 0.29) is 36.4 Å². The van der Waals surface area contributed by atoms with Crippen molar-refractivity contribution in [3.8, 4) is 5.75 Å². The number of fused-ring (bicyclic) bond motifs is 1. The van der Waals surface area contributed by atoms with Gasteiger partial charge in [0.05, 0.1) is 6.04 Å². The van der Waals surface area contributed by atoms with Crippen LogP contribution in [-0.4, -0.2) is 53.7 Å². The highest BCUT2D eigenvalue weighted by Crippen LogP contribution is 2.27. The topological polar surface area (TPSA) is 129 Å². The molecule has 1 aliphatic heterocycles. The minimum atomic E-state index is -1.84. The first-order chi connectivity index (χ1) is 20.8. The number of aromatic nitrogens is 1. The Bertz CT molecular complexity index is 1550. The summed E-state index contributed by atoms with van der Waals surface area (Å²) in [7, 11) is 0. The third kappa shape index (κ3) is 7.71. The standard InChI is InChI=1S/C30H31F5N4O5/c1-14(2)3-5-21(38-30(43)23-11-16-9-17(31)4-6-20(16)37-23)29(42)39-22(10-15-7-8-36-28(15)41)24(40)13-44-27-25(34)18(32)12-19(33)26(27)35/h4,6,9,11-12,14-15,21-22,37H,3,5,7-8,10,13H2,1-2H3,(H,36,41)(H,38,43)(H,39,42)/t15-,21?,22-/m0/s1. The zero-order chi connectivity index (χ0) is 32.1. The van der Waals surface area contributed by atoms with Crippen LogP contribution >= 0.6 is 0 Å². The number of ether oxygens (including phenoxy) is 1. The molecule has 236 valence electrons. The van der Waals surface area contributed by atoms with Gasteiger partial charge in [0, 0.05) is 29.4 Å². The van der Waals surface area contributed by atoms with Crippen molar-refractivity contribution in [1.29, 1.82) is 0 Å². The number of amides is 3. The largest absolute Gasteiger partial charge is 0.479 e. The Morgan fingerprint density at radius 3 is 2.30 bits per heavy atom. The Morgan fingerprint density at radius 1 is 0.955 bits per heavy atom. The number of Topliss-reactive ketones (excluding diaryl/α,β-unsaturated/α-hetero) is 1. The van der Waals surface area contributed by atoms with E-state index in [2.05, 4.69) is 20.9 Å². The lowest BCUT2D eigenvalue weighted by atomic mass is 9.95. The van der Waals surface area contributed by atoms with Crippen LogP contribution in [0.3, 0.4) is 0 Å². The first-order valence-electron chi connectivity index (χ1n) is 14.0. The van der Waals surface area contributed by atoms with Crippen LogP contribution < -0.4 is 20.7 Å². The van der Waals surface area contributed by atoms with E-state index in [1.54, 1.807) is 0 Å². The molecule has 4 N–H and O–H groups in total. The molecule has 1 unspecified atom stereocenters. The van der Waals surface area contributed by atoms with Gasteiger partial charge in [0.25, 0.3) is 5.91 Å². The second-order valence-corrected chi connectivity index (χ2v) is 11.0. The molecule has 0 bridgehead atoms. The number of halogens is 5. The normalized spacial score (nSPS) is 16.1. The fourth-order valence-corrected chi connectivity index (χ4v) is 4.85. The predicted molar refractivity (Wildman–Crippen MR) is 148 cm³/mol. The molecule has 1 aliphatic rings. The molecule has 14 heteroatoms. The van der Waals surface area contributed by atoms with Crippen LogP contribution in [0.5, 0.6) is 5.75 Å². The maximum atomic E-state index is 14.1. The lowest BCUT2D eigenvalue weighted by molar-refractivity contribution is -0.131. The summed E-state index contributed by atoms with van der Waals surface area (Å²) < 4.78 is 73.8. The monoisotopic (exact) mass is 622 g/mol. The van der Waals surface area contributed by atoms with Crippen LogP contribution in [-0.2, 0) is 14.4 Å². The lowest BCUT2D eigenvalue weighted by Crippen LogP contribution is -2.53. The van der Waals surface area contributed by atoms with E-state index in [9.17, 15) is 41.1 Å². The van der Waals surface area contributed by atoms with Gasteiger partial charge in [-0.15, -0.1) is 0 Å². The van der Waals surface area contributed by atoms with Gasteiger partial charge in [0.1, 0.15) is 24.2 Å². The zero-order valence-corrected chi connectivity index (χ0v) is 23.9. The van der Waals surface area contributed by atoms with Crippen molar-refractivity contribution in [3.05, 3.63) is 65.1 Å². The molecular formula is C30H31F5N4O5. The van der Waals surface area contributed by atoms with Crippen LogP contribution in [0.25, 0.3) is 10.9 Å². The number of nitrogens with one attached hydrogen (secondary N) is 4. The Balaban J connectivity index is 1.53. The third-order valence-electron chi connectivity index (χ3n) is 7.30. The summed E-state index contributed by atoms with van der Waals surface area (Å²) in [5.74, 6) is -12.4. The van der Waals surface area contributed by atoms with Crippen molar-refractivity contribution in [2.24, 2.45) is 11.8 Å². The van der Waals surface area contributed by atoms with Gasteiger partial charge in [-0.2, -0.15) is 8.78 Å². The third-order valence-corrected chi connectivity index (χ3v) is 7.30. The van der Waals surface area contributed by atoms with Gasteiger partial charge >= 0.3 is 0 Å². The van der Waals surface area contributed by atoms with Crippen molar-refractivity contribution in [3.63, 3.8) is 0 Å². The van der Waals surface area contributed by atoms with E-state index in [0.29, 0.717) is 30.3 Å². The van der Waals surface area contributed by atoms with Gasteiger partial charge in [-0.1, -0.05) is 13.8 Å². The summed E-state index contributed by atoms with van der Waals surface area (Å²) in [6.45, 7) is 3.04. The molecule has 2 aromatic carbocycles. The van der Waals surface area contributed by atoms with Crippen LogP contribution in [0.15, 0.2) is 30.3 Å². The molecule has 4 rings (SSSR count). The van der Waals surface area contributed by atoms with Crippen molar-refractivity contribution < 1.29 is 45.9 Å². The van der Waals surface area contributed by atoms with Gasteiger partial charge in [0.2, 0.25) is 23.4 Å². The number of hydrogen-bond donors (Lipinski definition) is 4. The van der Waals surface area contributed by atoms with E-state index in [1.807, 2.05) is 13.8 Å². The average Bonchev–Trinajstić information content (AvgIpc) is 3.58. The number of benzene rings is 2. The molecule has 1 aromatic heterocycles. The quantitative estimate of drug-likeness (QED) is 0.169. The minimum Gasteiger partial charge on any atom is -0.479 e. The number of rotatable bonds is 13. The molecule has 0 aliphatic carbocycles. The van der Waals surface area contributed by atoms with Gasteiger partial charge < -0.3 is 25.7 Å². The van der Waals surface area contributed by atoms with Crippen LogP contribution in [0.1, 0.15) is 50.0 Å². The minimum absolute atomic E-state index is 0.0131. The smallest absolute Gasteiger partial charge is 0.268 e. The SMILES string of the molecule is CC(C)CCC(NC(=O)c1cc2cc(F)ccc2[nH]1)C(=O)N[C@@H](C[C@@H]1CCNC1=O)C(=O)COc1c(F)c(F)cc(F)c1F. The van der Waals surface area contributed by atoms with E-state index >= 15 is 0 Å². The number of H-pyrrole nitrogens is 1. The molecule has 0 radical (unpaired) electrons. The van der Waals surface area contributed by atoms with Crippen molar-refractivity contribution in [1.82, 2.24) is 20.9 Å². The molecule has 44 heavy (non-hydrogen) atoms. The van der Waals surface area contributed by atoms with Gasteiger partial charge in [-0.25, -0.2) is 13.2 Å². The van der Waals surface area contributed by atoms with Crippen LogP contribution in [0, 0.1) is 40.9 Å². The molecule has 0 saturated carbocycles. The Hall–Kier alpha value is -4.49. The number of carbonyl (C=O) groups excluding carboxylic acids is 4. The van der Waals surface area contributed by atoms with Crippen molar-refractivity contribution >= 4 is 34.4 Å². The summed E-state index contributed by atoms with van der Waals surface area (Å²) in [5, 5.41) is 8.17. The molecule has 2 heterocycles. The summed E-state index contributed by atoms with van der Waals surface area (Å²) in [6.07, 6.45) is 0.782. The zero-order valence-electron chi connectivity index (χ0n) is 23.9. The highest BCUT2D eigenvalue weighted by Gasteiger charge is 2.34. The second-order valence-electron chi connectivity index (χ2n) is 11.0. The second kappa shape index (κ2) is 13.9. The molecular weight excluding hydrogens is 591 g/mol. The van der Waals surface area contributed by atoms with Gasteiger partial charge in [-0.05, 0) is 55.9 Å². The molecule has 3 aromatic rings. The molecule has 1 saturated heterocycles. The molecule has 0 spiro atoms. The van der Waals surface area contributed by atoms with Gasteiger partial charge in [-0.3, -0.25) is 19.2 Å². The highest BCUT2D eigenvalue weighted by atomic mass is 19.2. The molecule has 1 fully saturated rings. The number of carbonyl (C=O) groups is 4. The van der Waals surface area contributed by atoms with Gasteiger partial charge in [0.15, 0.2) is 23.2 Å². The fourth-order valence-electron chi connectivity index (χ4n) is 4.85. The van der Waals surface area contributed by atoms with E-state index in [0.717, 1.165) is 0 Å². The average molecular weight is 623 g/mol. The molecule has 3 amide bonds. The first-order valence-corrected chi connectivity index (χ1v) is 14.0. The van der Waals surface area contributed by atoms with Crippen molar-refractivity contribution in [2.45, 2.75) is 51.6 Å². The van der Waals surface area contributed by atoms with Crippen LogP contribution in [0.2, 0.25) is 0 Å². The molecule has 9 nitrogen and oxygen atoms in total. The summed E-state index contributed by atoms with van der Waals surface area (Å²) >= 11 is 0. The highest BCUT2D eigenvalue weighted by molar-refractivity contribution is 6.01. The Kier molecular flexibility index (Phi) is 10.2.